The molecular weight excluding hydrogens is 421 g/mol. The predicted molar refractivity (Wildman–Crippen MR) is 122 cm³/mol. The number of benzene rings is 2. The van der Waals surface area contributed by atoms with Gasteiger partial charge in [0.1, 0.15) is 11.6 Å². The third-order valence-electron chi connectivity index (χ3n) is 4.99. The summed E-state index contributed by atoms with van der Waals surface area (Å²) in [5.74, 6) is -0.0293. The van der Waals surface area contributed by atoms with Crippen LogP contribution in [-0.2, 0) is 12.8 Å². The lowest BCUT2D eigenvalue weighted by Gasteiger charge is -2.12. The van der Waals surface area contributed by atoms with Gasteiger partial charge in [-0.1, -0.05) is 31.5 Å². The summed E-state index contributed by atoms with van der Waals surface area (Å²) in [5.41, 5.74) is 10.6. The number of nitrogens with one attached hydrogen (secondary N) is 1. The van der Waals surface area contributed by atoms with Crippen molar-refractivity contribution in [3.8, 4) is 11.1 Å². The summed E-state index contributed by atoms with van der Waals surface area (Å²) >= 11 is 7.67. The molecule has 0 aliphatic rings. The molecule has 3 N–H and O–H groups in total. The van der Waals surface area contributed by atoms with Crippen LogP contribution in [0.15, 0.2) is 53.7 Å². The number of anilines is 2. The van der Waals surface area contributed by atoms with Crippen LogP contribution in [-0.4, -0.2) is 14.6 Å². The molecule has 0 radical (unpaired) electrons. The summed E-state index contributed by atoms with van der Waals surface area (Å²) < 4.78 is 19.7. The van der Waals surface area contributed by atoms with E-state index in [-0.39, 0.29) is 0 Å². The van der Waals surface area contributed by atoms with Crippen LogP contribution in [0.25, 0.3) is 16.8 Å². The van der Waals surface area contributed by atoms with Crippen LogP contribution in [0.1, 0.15) is 25.0 Å². The van der Waals surface area contributed by atoms with E-state index >= 15 is 0 Å². The largest absolute Gasteiger partial charge is 0.383 e. The zero-order valence-electron chi connectivity index (χ0n) is 16.6. The van der Waals surface area contributed by atoms with E-state index in [0.717, 1.165) is 33.9 Å². The third-order valence-corrected chi connectivity index (χ3v) is 6.28. The average Bonchev–Trinajstić information content (AvgIpc) is 3.17. The number of aryl methyl sites for hydroxylation is 1. The smallest absolute Gasteiger partial charge is 0.160 e. The summed E-state index contributed by atoms with van der Waals surface area (Å²) in [6.07, 6.45) is 4.96. The molecular formula is C22H21ClFN5S. The molecule has 0 amide bonds. The highest BCUT2D eigenvalue weighted by Crippen LogP contribution is 2.33. The lowest BCUT2D eigenvalue weighted by molar-refractivity contribution is 0.632. The number of hydrogen-bond acceptors (Lipinski definition) is 5. The molecule has 0 bridgehead atoms. The molecule has 0 unspecified atom stereocenters. The Morgan fingerprint density at radius 3 is 2.70 bits per heavy atom. The van der Waals surface area contributed by atoms with Crippen LogP contribution in [0, 0.1) is 5.82 Å². The fourth-order valence-corrected chi connectivity index (χ4v) is 4.58. The van der Waals surface area contributed by atoms with Crippen molar-refractivity contribution >= 4 is 40.7 Å². The van der Waals surface area contributed by atoms with Crippen LogP contribution >= 0.6 is 23.5 Å². The quantitative estimate of drug-likeness (QED) is 0.358. The van der Waals surface area contributed by atoms with Gasteiger partial charge in [0.15, 0.2) is 5.65 Å². The molecule has 0 saturated carbocycles. The molecule has 2 aromatic carbocycles. The van der Waals surface area contributed by atoms with Crippen molar-refractivity contribution < 1.29 is 4.39 Å². The Labute approximate surface area is 183 Å². The van der Waals surface area contributed by atoms with Gasteiger partial charge in [0.25, 0.3) is 0 Å². The van der Waals surface area contributed by atoms with Crippen molar-refractivity contribution in [2.75, 3.05) is 10.5 Å². The van der Waals surface area contributed by atoms with Gasteiger partial charge in [-0.2, -0.15) is 9.61 Å². The number of rotatable bonds is 6. The van der Waals surface area contributed by atoms with Gasteiger partial charge < -0.3 is 10.5 Å². The van der Waals surface area contributed by atoms with Gasteiger partial charge in [-0.3, -0.25) is 0 Å². The van der Waals surface area contributed by atoms with Crippen LogP contribution in [0.3, 0.4) is 0 Å². The topological polar surface area (TPSA) is 68.2 Å². The third kappa shape index (κ3) is 3.70. The second-order valence-electron chi connectivity index (χ2n) is 6.78. The minimum Gasteiger partial charge on any atom is -0.383 e. The molecule has 8 heteroatoms. The Kier molecular flexibility index (Phi) is 5.83. The highest BCUT2D eigenvalue weighted by molar-refractivity contribution is 8.00. The number of fused-ring (bicyclic) bond motifs is 1. The van der Waals surface area contributed by atoms with E-state index in [4.69, 9.17) is 17.3 Å². The molecule has 4 aromatic rings. The Bertz CT molecular complexity index is 1220. The zero-order valence-corrected chi connectivity index (χ0v) is 18.2. The lowest BCUT2D eigenvalue weighted by Crippen LogP contribution is -2.04. The fraction of sp³-hybridized carbons (Fsp3) is 0.182. The molecule has 154 valence electrons. The van der Waals surface area contributed by atoms with E-state index in [1.165, 1.54) is 18.0 Å². The maximum Gasteiger partial charge on any atom is 0.160 e. The highest BCUT2D eigenvalue weighted by Gasteiger charge is 2.15. The normalized spacial score (nSPS) is 11.2. The van der Waals surface area contributed by atoms with Crippen molar-refractivity contribution in [2.45, 2.75) is 31.6 Å². The van der Waals surface area contributed by atoms with Crippen molar-refractivity contribution in [1.29, 1.82) is 0 Å². The van der Waals surface area contributed by atoms with Crippen molar-refractivity contribution in [3.05, 3.63) is 70.8 Å². The maximum absolute atomic E-state index is 14.9. The Balaban J connectivity index is 1.61. The molecule has 0 aliphatic heterocycles. The minimum atomic E-state index is -0.391. The first kappa shape index (κ1) is 20.5. The highest BCUT2D eigenvalue weighted by atomic mass is 35.5. The Morgan fingerprint density at radius 2 is 1.97 bits per heavy atom. The summed E-state index contributed by atoms with van der Waals surface area (Å²) in [4.78, 5) is 5.45. The van der Waals surface area contributed by atoms with Crippen LogP contribution < -0.4 is 10.5 Å². The van der Waals surface area contributed by atoms with Crippen LogP contribution in [0.5, 0.6) is 0 Å². The van der Waals surface area contributed by atoms with Gasteiger partial charge in [-0.05, 0) is 60.7 Å². The molecule has 0 aliphatic carbocycles. The molecule has 2 heterocycles. The summed E-state index contributed by atoms with van der Waals surface area (Å²) in [7, 11) is 0. The van der Waals surface area contributed by atoms with Gasteiger partial charge in [0.05, 0.1) is 6.20 Å². The predicted octanol–water partition coefficient (Wildman–Crippen LogP) is 6.02. The molecule has 0 saturated heterocycles. The Morgan fingerprint density at radius 1 is 1.13 bits per heavy atom. The van der Waals surface area contributed by atoms with Crippen molar-refractivity contribution in [2.24, 2.45) is 0 Å². The number of halogens is 2. The van der Waals surface area contributed by atoms with E-state index in [0.29, 0.717) is 28.3 Å². The average molecular weight is 442 g/mol. The standard InChI is InChI=1S/C22H21ClFN5S/c1-3-13-11-27-29-21(25)17(12-26-22(13)29)16-9-8-14(10-19(16)24)28-30-20-7-5-6-18(23)15(20)4-2/h5-12,28H,3-4,25H2,1-2H3. The number of nitrogens with two attached hydrogens (primary N) is 1. The van der Waals surface area contributed by atoms with E-state index in [9.17, 15) is 4.39 Å². The lowest BCUT2D eigenvalue weighted by atomic mass is 10.1. The van der Waals surface area contributed by atoms with Crippen LogP contribution in [0.2, 0.25) is 5.02 Å². The van der Waals surface area contributed by atoms with Gasteiger partial charge in [-0.25, -0.2) is 9.37 Å². The number of nitrogen functional groups attached to an aromatic ring is 1. The monoisotopic (exact) mass is 441 g/mol. The van der Waals surface area contributed by atoms with E-state index in [1.54, 1.807) is 23.0 Å². The van der Waals surface area contributed by atoms with Crippen molar-refractivity contribution in [1.82, 2.24) is 14.6 Å². The summed E-state index contributed by atoms with van der Waals surface area (Å²) in [6.45, 7) is 4.08. The van der Waals surface area contributed by atoms with Gasteiger partial charge in [0.2, 0.25) is 0 Å². The SMILES string of the molecule is CCc1c(Cl)cccc1SNc1ccc(-c2cnc3c(CC)cnn3c2N)c(F)c1. The first-order chi connectivity index (χ1) is 14.5. The van der Waals surface area contributed by atoms with E-state index in [2.05, 4.69) is 21.7 Å². The van der Waals surface area contributed by atoms with Gasteiger partial charge in [0, 0.05) is 38.5 Å². The second-order valence-corrected chi connectivity index (χ2v) is 8.04. The Hall–Kier alpha value is -2.77. The molecule has 2 aromatic heterocycles. The second kappa shape index (κ2) is 8.53. The molecule has 30 heavy (non-hydrogen) atoms. The summed E-state index contributed by atoms with van der Waals surface area (Å²) in [5, 5.41) is 5.02. The van der Waals surface area contributed by atoms with Gasteiger partial charge >= 0.3 is 0 Å². The number of nitrogens with zero attached hydrogens (tertiary/aromatic N) is 3. The molecule has 0 spiro atoms. The van der Waals surface area contributed by atoms with Crippen LogP contribution in [0.4, 0.5) is 15.9 Å². The maximum atomic E-state index is 14.9. The molecule has 0 atom stereocenters. The van der Waals surface area contributed by atoms with E-state index < -0.39 is 5.82 Å². The molecule has 4 rings (SSSR count). The first-order valence-electron chi connectivity index (χ1n) is 9.64. The minimum absolute atomic E-state index is 0.361. The zero-order chi connectivity index (χ0) is 21.3. The first-order valence-corrected chi connectivity index (χ1v) is 10.8. The van der Waals surface area contributed by atoms with E-state index in [1.807, 2.05) is 31.2 Å². The number of aromatic nitrogens is 3. The fourth-order valence-electron chi connectivity index (χ4n) is 3.34. The molecule has 5 nitrogen and oxygen atoms in total. The summed E-state index contributed by atoms with van der Waals surface area (Å²) in [6, 6.07) is 10.7. The van der Waals surface area contributed by atoms with Gasteiger partial charge in [-0.15, -0.1) is 0 Å². The number of hydrogen-bond donors (Lipinski definition) is 2. The molecule has 0 fully saturated rings. The van der Waals surface area contributed by atoms with Crippen molar-refractivity contribution in [3.63, 3.8) is 0 Å².